The van der Waals surface area contributed by atoms with Crippen LogP contribution in [0.2, 0.25) is 0 Å². The van der Waals surface area contributed by atoms with Crippen LogP contribution in [0.15, 0.2) is 91.0 Å². The van der Waals surface area contributed by atoms with Gasteiger partial charge < -0.3 is 4.90 Å². The van der Waals surface area contributed by atoms with Gasteiger partial charge in [0.2, 0.25) is 0 Å². The zero-order chi connectivity index (χ0) is 20.2. The van der Waals surface area contributed by atoms with Crippen molar-refractivity contribution in [2.24, 2.45) is 0 Å². The zero-order valence-electron chi connectivity index (χ0n) is 17.1. The van der Waals surface area contributed by atoms with Gasteiger partial charge in [0, 0.05) is 22.0 Å². The Kier molecular flexibility index (Phi) is 3.69. The van der Waals surface area contributed by atoms with Crippen LogP contribution < -0.4 is 4.90 Å². The van der Waals surface area contributed by atoms with Crippen molar-refractivity contribution in [3.8, 4) is 11.3 Å². The third-order valence-electron chi connectivity index (χ3n) is 6.13. The standard InChI is InChI=1S/C28H22N2/c1-18(2)21-13-8-15-24-23(21)17-26-28(29-24)22-14-6-9-19-10-7-16-25(27(19)22)30(26)20-11-4-3-5-12-20/h3-18H,1-2H3. The minimum absolute atomic E-state index is 0.443. The molecule has 0 aliphatic carbocycles. The molecule has 0 bridgehead atoms. The van der Waals surface area contributed by atoms with Crippen LogP contribution in [0.25, 0.3) is 32.9 Å². The smallest absolute Gasteiger partial charge is 0.0957 e. The first-order valence-corrected chi connectivity index (χ1v) is 10.5. The molecule has 0 N–H and O–H groups in total. The highest BCUT2D eigenvalue weighted by atomic mass is 15.2. The molecule has 0 atom stereocenters. The number of hydrogen-bond acceptors (Lipinski definition) is 2. The minimum Gasteiger partial charge on any atom is -0.308 e. The van der Waals surface area contributed by atoms with Crippen LogP contribution in [0.5, 0.6) is 0 Å². The number of benzene rings is 4. The molecule has 1 aliphatic heterocycles. The molecule has 0 fully saturated rings. The molecule has 0 saturated heterocycles. The quantitative estimate of drug-likeness (QED) is 0.300. The molecule has 0 radical (unpaired) electrons. The molecule has 1 aliphatic rings. The molecule has 30 heavy (non-hydrogen) atoms. The number of para-hydroxylation sites is 1. The molecule has 4 aromatic carbocycles. The summed E-state index contributed by atoms with van der Waals surface area (Å²) < 4.78 is 0. The molecule has 2 nitrogen and oxygen atoms in total. The van der Waals surface area contributed by atoms with Gasteiger partial charge in [-0.25, -0.2) is 4.98 Å². The molecule has 2 heterocycles. The molecule has 6 rings (SSSR count). The van der Waals surface area contributed by atoms with Gasteiger partial charge in [-0.15, -0.1) is 0 Å². The topological polar surface area (TPSA) is 16.1 Å². The molecule has 5 aromatic rings. The summed E-state index contributed by atoms with van der Waals surface area (Å²) >= 11 is 0. The average Bonchev–Trinajstić information content (AvgIpc) is 2.78. The van der Waals surface area contributed by atoms with Crippen LogP contribution in [0.1, 0.15) is 25.3 Å². The van der Waals surface area contributed by atoms with Crippen LogP contribution in [-0.2, 0) is 0 Å². The first-order valence-electron chi connectivity index (χ1n) is 10.5. The SMILES string of the molecule is CC(C)c1cccc2nc3c(cc12)N(c1ccccc1)c1cccc2cccc-3c12. The van der Waals surface area contributed by atoms with Gasteiger partial charge in [0.05, 0.1) is 22.6 Å². The maximum atomic E-state index is 5.22. The summed E-state index contributed by atoms with van der Waals surface area (Å²) in [6.45, 7) is 4.50. The van der Waals surface area contributed by atoms with E-state index in [0.29, 0.717) is 5.92 Å². The Bertz CT molecular complexity index is 1410. The number of nitrogens with zero attached hydrogens (tertiary/aromatic N) is 2. The summed E-state index contributed by atoms with van der Waals surface area (Å²) in [5.74, 6) is 0.443. The van der Waals surface area contributed by atoms with Gasteiger partial charge in [-0.2, -0.15) is 0 Å². The van der Waals surface area contributed by atoms with E-state index in [9.17, 15) is 0 Å². The Morgan fingerprint density at radius 2 is 1.50 bits per heavy atom. The van der Waals surface area contributed by atoms with E-state index < -0.39 is 0 Å². The Morgan fingerprint density at radius 3 is 2.30 bits per heavy atom. The lowest BCUT2D eigenvalue weighted by atomic mass is 9.91. The zero-order valence-corrected chi connectivity index (χ0v) is 17.1. The monoisotopic (exact) mass is 386 g/mol. The summed E-state index contributed by atoms with van der Waals surface area (Å²) in [5.41, 5.74) is 8.18. The lowest BCUT2D eigenvalue weighted by Crippen LogP contribution is -2.16. The van der Waals surface area contributed by atoms with Crippen molar-refractivity contribution >= 4 is 38.7 Å². The van der Waals surface area contributed by atoms with E-state index in [1.807, 2.05) is 0 Å². The Balaban J connectivity index is 1.78. The van der Waals surface area contributed by atoms with E-state index in [2.05, 4.69) is 110 Å². The van der Waals surface area contributed by atoms with Gasteiger partial charge in [0.1, 0.15) is 0 Å². The van der Waals surface area contributed by atoms with Gasteiger partial charge >= 0.3 is 0 Å². The number of anilines is 3. The summed E-state index contributed by atoms with van der Waals surface area (Å²) in [4.78, 5) is 7.59. The summed E-state index contributed by atoms with van der Waals surface area (Å²) in [6, 6.07) is 32.5. The van der Waals surface area contributed by atoms with Crippen molar-refractivity contribution in [3.05, 3.63) is 96.6 Å². The summed E-state index contributed by atoms with van der Waals surface area (Å²) in [7, 11) is 0. The molecule has 0 amide bonds. The first kappa shape index (κ1) is 17.2. The minimum atomic E-state index is 0.443. The number of fused-ring (bicyclic) bond motifs is 3. The van der Waals surface area contributed by atoms with Crippen LogP contribution in [0.4, 0.5) is 17.1 Å². The van der Waals surface area contributed by atoms with Crippen molar-refractivity contribution in [1.82, 2.24) is 4.98 Å². The van der Waals surface area contributed by atoms with Crippen molar-refractivity contribution in [1.29, 1.82) is 0 Å². The normalized spacial score (nSPS) is 12.6. The fourth-order valence-electron chi connectivity index (χ4n) is 4.77. The average molecular weight is 386 g/mol. The van der Waals surface area contributed by atoms with Gasteiger partial charge in [0.25, 0.3) is 0 Å². The highest BCUT2D eigenvalue weighted by molar-refractivity contribution is 6.14. The maximum absolute atomic E-state index is 5.22. The molecule has 2 heteroatoms. The van der Waals surface area contributed by atoms with Crippen molar-refractivity contribution in [2.75, 3.05) is 4.90 Å². The Labute approximate surface area is 176 Å². The van der Waals surface area contributed by atoms with Crippen LogP contribution in [-0.4, -0.2) is 4.98 Å². The van der Waals surface area contributed by atoms with E-state index in [4.69, 9.17) is 4.98 Å². The molecule has 0 unspecified atom stereocenters. The number of aromatic nitrogens is 1. The second-order valence-corrected chi connectivity index (χ2v) is 8.28. The van der Waals surface area contributed by atoms with Crippen molar-refractivity contribution in [2.45, 2.75) is 19.8 Å². The van der Waals surface area contributed by atoms with E-state index in [-0.39, 0.29) is 0 Å². The second kappa shape index (κ2) is 6.43. The first-order chi connectivity index (χ1) is 14.7. The summed E-state index contributed by atoms with van der Waals surface area (Å²) in [5, 5.41) is 3.75. The van der Waals surface area contributed by atoms with E-state index in [1.165, 1.54) is 33.0 Å². The highest BCUT2D eigenvalue weighted by Crippen LogP contribution is 2.50. The number of pyridine rings is 1. The van der Waals surface area contributed by atoms with Crippen LogP contribution >= 0.6 is 0 Å². The molecule has 144 valence electrons. The molecule has 0 spiro atoms. The second-order valence-electron chi connectivity index (χ2n) is 8.28. The van der Waals surface area contributed by atoms with Crippen molar-refractivity contribution < 1.29 is 0 Å². The van der Waals surface area contributed by atoms with Gasteiger partial charge in [-0.3, -0.25) is 0 Å². The Morgan fingerprint density at radius 1 is 0.733 bits per heavy atom. The fourth-order valence-corrected chi connectivity index (χ4v) is 4.77. The van der Waals surface area contributed by atoms with Gasteiger partial charge in [0.15, 0.2) is 0 Å². The van der Waals surface area contributed by atoms with E-state index in [1.54, 1.807) is 0 Å². The third kappa shape index (κ3) is 2.40. The molecular weight excluding hydrogens is 364 g/mol. The number of hydrogen-bond donors (Lipinski definition) is 0. The van der Waals surface area contributed by atoms with Gasteiger partial charge in [-0.1, -0.05) is 74.5 Å². The lowest BCUT2D eigenvalue weighted by Gasteiger charge is -2.33. The molecule has 0 saturated carbocycles. The fraction of sp³-hybridized carbons (Fsp3) is 0.107. The van der Waals surface area contributed by atoms with Crippen molar-refractivity contribution in [3.63, 3.8) is 0 Å². The van der Waals surface area contributed by atoms with E-state index >= 15 is 0 Å². The third-order valence-corrected chi connectivity index (χ3v) is 6.13. The Hall–Kier alpha value is -3.65. The summed E-state index contributed by atoms with van der Waals surface area (Å²) in [6.07, 6.45) is 0. The predicted molar refractivity (Wildman–Crippen MR) is 127 cm³/mol. The highest BCUT2D eigenvalue weighted by Gasteiger charge is 2.27. The molecular formula is C28H22N2. The maximum Gasteiger partial charge on any atom is 0.0957 e. The van der Waals surface area contributed by atoms with Crippen LogP contribution in [0.3, 0.4) is 0 Å². The lowest BCUT2D eigenvalue weighted by molar-refractivity contribution is 0.876. The van der Waals surface area contributed by atoms with Gasteiger partial charge in [-0.05, 0) is 47.2 Å². The van der Waals surface area contributed by atoms with Crippen LogP contribution in [0, 0.1) is 0 Å². The molecule has 1 aromatic heterocycles. The number of rotatable bonds is 2. The largest absolute Gasteiger partial charge is 0.308 e. The predicted octanol–water partition coefficient (Wildman–Crippen LogP) is 7.96. The van der Waals surface area contributed by atoms with E-state index in [0.717, 1.165) is 22.6 Å².